The average Bonchev–Trinajstić information content (AvgIpc) is 2.12. The summed E-state index contributed by atoms with van der Waals surface area (Å²) in [4.78, 5) is 0. The molecule has 2 aliphatic rings. The second kappa shape index (κ2) is 4.70. The molecular weight excluding hydrogens is 178 g/mol. The van der Waals surface area contributed by atoms with E-state index >= 15 is 0 Å². The van der Waals surface area contributed by atoms with Gasteiger partial charge in [-0.15, -0.1) is 0 Å². The SMILES string of the molecule is CNC(C1CCC1)C1CCSCC1. The normalized spacial score (nSPS) is 28.4. The minimum Gasteiger partial charge on any atom is -0.316 e. The highest BCUT2D eigenvalue weighted by Gasteiger charge is 2.32. The van der Waals surface area contributed by atoms with Crippen LogP contribution in [0.1, 0.15) is 32.1 Å². The molecule has 1 nitrogen and oxygen atoms in total. The Hall–Kier alpha value is 0.310. The molecule has 0 amide bonds. The van der Waals surface area contributed by atoms with Gasteiger partial charge in [0.2, 0.25) is 0 Å². The smallest absolute Gasteiger partial charge is 0.0121 e. The van der Waals surface area contributed by atoms with Crippen LogP contribution in [0, 0.1) is 11.8 Å². The second-order valence-corrected chi connectivity index (χ2v) is 5.68. The van der Waals surface area contributed by atoms with Crippen molar-refractivity contribution in [3.8, 4) is 0 Å². The third-order valence-corrected chi connectivity index (χ3v) is 4.81. The van der Waals surface area contributed by atoms with E-state index in [1.54, 1.807) is 0 Å². The molecule has 1 saturated heterocycles. The maximum atomic E-state index is 3.56. The van der Waals surface area contributed by atoms with Gasteiger partial charge < -0.3 is 5.32 Å². The molecule has 2 rings (SSSR count). The molecule has 1 N–H and O–H groups in total. The number of thioether (sulfide) groups is 1. The summed E-state index contributed by atoms with van der Waals surface area (Å²) in [5, 5.41) is 3.56. The molecule has 0 bridgehead atoms. The highest BCUT2D eigenvalue weighted by molar-refractivity contribution is 7.99. The molecule has 0 aromatic heterocycles. The van der Waals surface area contributed by atoms with Crippen molar-refractivity contribution in [2.75, 3.05) is 18.6 Å². The van der Waals surface area contributed by atoms with Crippen LogP contribution in [0.15, 0.2) is 0 Å². The zero-order valence-corrected chi connectivity index (χ0v) is 9.41. The fraction of sp³-hybridized carbons (Fsp3) is 1.00. The molecule has 0 aromatic carbocycles. The lowest BCUT2D eigenvalue weighted by atomic mass is 9.73. The maximum absolute atomic E-state index is 3.56. The Balaban J connectivity index is 1.86. The summed E-state index contributed by atoms with van der Waals surface area (Å²) in [6.45, 7) is 0. The van der Waals surface area contributed by atoms with Crippen LogP contribution in [0.2, 0.25) is 0 Å². The zero-order valence-electron chi connectivity index (χ0n) is 8.59. The Morgan fingerprint density at radius 1 is 1.08 bits per heavy atom. The first-order chi connectivity index (χ1) is 6.42. The molecule has 76 valence electrons. The van der Waals surface area contributed by atoms with E-state index in [-0.39, 0.29) is 0 Å². The average molecular weight is 199 g/mol. The zero-order chi connectivity index (χ0) is 9.10. The number of hydrogen-bond donors (Lipinski definition) is 1. The van der Waals surface area contributed by atoms with Crippen molar-refractivity contribution in [2.45, 2.75) is 38.1 Å². The summed E-state index contributed by atoms with van der Waals surface area (Å²) in [5.74, 6) is 4.79. The van der Waals surface area contributed by atoms with E-state index < -0.39 is 0 Å². The molecule has 1 unspecified atom stereocenters. The van der Waals surface area contributed by atoms with E-state index in [2.05, 4.69) is 24.1 Å². The largest absolute Gasteiger partial charge is 0.316 e. The van der Waals surface area contributed by atoms with Crippen molar-refractivity contribution in [3.63, 3.8) is 0 Å². The molecule has 1 heterocycles. The molecule has 1 saturated carbocycles. The summed E-state index contributed by atoms with van der Waals surface area (Å²) in [5.41, 5.74) is 0. The van der Waals surface area contributed by atoms with Crippen LogP contribution in [0.4, 0.5) is 0 Å². The predicted molar refractivity (Wildman–Crippen MR) is 60.2 cm³/mol. The van der Waals surface area contributed by atoms with Gasteiger partial charge in [0.25, 0.3) is 0 Å². The van der Waals surface area contributed by atoms with Crippen molar-refractivity contribution in [1.29, 1.82) is 0 Å². The first-order valence-electron chi connectivity index (χ1n) is 5.67. The van der Waals surface area contributed by atoms with Crippen molar-refractivity contribution in [2.24, 2.45) is 11.8 Å². The van der Waals surface area contributed by atoms with Crippen molar-refractivity contribution in [1.82, 2.24) is 5.32 Å². The first-order valence-corrected chi connectivity index (χ1v) is 6.82. The number of rotatable bonds is 3. The van der Waals surface area contributed by atoms with Gasteiger partial charge >= 0.3 is 0 Å². The molecule has 0 spiro atoms. The highest BCUT2D eigenvalue weighted by atomic mass is 32.2. The minimum absolute atomic E-state index is 0.842. The molecule has 1 atom stereocenters. The van der Waals surface area contributed by atoms with Crippen LogP contribution < -0.4 is 5.32 Å². The van der Waals surface area contributed by atoms with Crippen molar-refractivity contribution >= 4 is 11.8 Å². The van der Waals surface area contributed by atoms with Gasteiger partial charge in [-0.05, 0) is 56.1 Å². The topological polar surface area (TPSA) is 12.0 Å². The molecule has 0 radical (unpaired) electrons. The van der Waals surface area contributed by atoms with Crippen molar-refractivity contribution in [3.05, 3.63) is 0 Å². The fourth-order valence-corrected chi connectivity index (χ4v) is 3.87. The lowest BCUT2D eigenvalue weighted by Gasteiger charge is -2.40. The van der Waals surface area contributed by atoms with Crippen molar-refractivity contribution < 1.29 is 0 Å². The van der Waals surface area contributed by atoms with Gasteiger partial charge in [0.15, 0.2) is 0 Å². The monoisotopic (exact) mass is 199 g/mol. The van der Waals surface area contributed by atoms with Crippen LogP contribution >= 0.6 is 11.8 Å². The quantitative estimate of drug-likeness (QED) is 0.749. The van der Waals surface area contributed by atoms with E-state index in [0.29, 0.717) is 0 Å². The summed E-state index contributed by atoms with van der Waals surface area (Å²) in [6, 6.07) is 0.842. The Morgan fingerprint density at radius 3 is 2.15 bits per heavy atom. The third-order valence-electron chi connectivity index (χ3n) is 3.76. The first kappa shape index (κ1) is 9.85. The summed E-state index contributed by atoms with van der Waals surface area (Å²) < 4.78 is 0. The van der Waals surface area contributed by atoms with E-state index in [9.17, 15) is 0 Å². The van der Waals surface area contributed by atoms with Gasteiger partial charge in [0.1, 0.15) is 0 Å². The Morgan fingerprint density at radius 2 is 1.69 bits per heavy atom. The lowest BCUT2D eigenvalue weighted by molar-refractivity contribution is 0.174. The Labute approximate surface area is 86.0 Å². The molecule has 2 fully saturated rings. The molecule has 13 heavy (non-hydrogen) atoms. The number of hydrogen-bond acceptors (Lipinski definition) is 2. The second-order valence-electron chi connectivity index (χ2n) is 4.46. The minimum atomic E-state index is 0.842. The van der Waals surface area contributed by atoms with Gasteiger partial charge in [-0.1, -0.05) is 6.42 Å². The van der Waals surface area contributed by atoms with Gasteiger partial charge in [-0.25, -0.2) is 0 Å². The standard InChI is InChI=1S/C11H21NS/c1-12-11(9-3-2-4-9)10-5-7-13-8-6-10/h9-12H,2-8H2,1H3. The van der Waals surface area contributed by atoms with Crippen LogP contribution in [0.25, 0.3) is 0 Å². The summed E-state index contributed by atoms with van der Waals surface area (Å²) in [7, 11) is 2.16. The van der Waals surface area contributed by atoms with Crippen LogP contribution in [0.3, 0.4) is 0 Å². The highest BCUT2D eigenvalue weighted by Crippen LogP contribution is 2.36. The van der Waals surface area contributed by atoms with Gasteiger partial charge in [0, 0.05) is 6.04 Å². The maximum Gasteiger partial charge on any atom is 0.0121 e. The Bertz CT molecular complexity index is 150. The number of nitrogens with one attached hydrogen (secondary N) is 1. The van der Waals surface area contributed by atoms with Gasteiger partial charge in [-0.2, -0.15) is 11.8 Å². The van der Waals surface area contributed by atoms with Crippen LogP contribution in [-0.2, 0) is 0 Å². The van der Waals surface area contributed by atoms with Crippen LogP contribution in [-0.4, -0.2) is 24.6 Å². The summed E-state index contributed by atoms with van der Waals surface area (Å²) in [6.07, 6.45) is 7.34. The molecule has 0 aromatic rings. The van der Waals surface area contributed by atoms with Crippen LogP contribution in [0.5, 0.6) is 0 Å². The molecular formula is C11H21NS. The molecule has 1 aliphatic carbocycles. The van der Waals surface area contributed by atoms with E-state index in [1.165, 1.54) is 43.6 Å². The molecule has 1 aliphatic heterocycles. The lowest BCUT2D eigenvalue weighted by Crippen LogP contribution is -2.44. The third kappa shape index (κ3) is 2.21. The summed E-state index contributed by atoms with van der Waals surface area (Å²) >= 11 is 2.14. The van der Waals surface area contributed by atoms with Gasteiger partial charge in [0.05, 0.1) is 0 Å². The van der Waals surface area contributed by atoms with Gasteiger partial charge in [-0.3, -0.25) is 0 Å². The predicted octanol–water partition coefficient (Wildman–Crippen LogP) is 2.52. The van der Waals surface area contributed by atoms with E-state index in [0.717, 1.165) is 17.9 Å². The van der Waals surface area contributed by atoms with E-state index in [1.807, 2.05) is 0 Å². The fourth-order valence-electron chi connectivity index (χ4n) is 2.73. The van der Waals surface area contributed by atoms with E-state index in [4.69, 9.17) is 0 Å². The Kier molecular flexibility index (Phi) is 3.56. The molecule has 2 heteroatoms.